The second kappa shape index (κ2) is 7.75. The van der Waals surface area contributed by atoms with Gasteiger partial charge in [-0.3, -0.25) is 9.59 Å². The Morgan fingerprint density at radius 1 is 0.966 bits per heavy atom. The highest BCUT2D eigenvalue weighted by Crippen LogP contribution is 2.33. The molecule has 29 heavy (non-hydrogen) atoms. The lowest BCUT2D eigenvalue weighted by molar-refractivity contribution is -0.119. The van der Waals surface area contributed by atoms with Crippen molar-refractivity contribution >= 4 is 34.2 Å². The molecular weight excluding hydrogens is 368 g/mol. The average Bonchev–Trinajstić information content (AvgIpc) is 3.17. The molecule has 2 N–H and O–H groups in total. The molecule has 6 nitrogen and oxygen atoms in total. The molecule has 0 heterocycles. The van der Waals surface area contributed by atoms with Gasteiger partial charge in [0.15, 0.2) is 6.61 Å². The third-order valence-electron chi connectivity index (χ3n) is 5.07. The minimum atomic E-state index is -0.533. The molecule has 0 bridgehead atoms. The van der Waals surface area contributed by atoms with E-state index < -0.39 is 18.5 Å². The van der Waals surface area contributed by atoms with Crippen LogP contribution in [0.15, 0.2) is 54.6 Å². The number of esters is 1. The number of nitrogens with one attached hydrogen (secondary N) is 2. The number of hydrogen-bond acceptors (Lipinski definition) is 4. The third-order valence-corrected chi connectivity index (χ3v) is 5.07. The molecule has 3 aromatic carbocycles. The molecular formula is C23H20N2O4. The van der Waals surface area contributed by atoms with Gasteiger partial charge in [-0.2, -0.15) is 0 Å². The van der Waals surface area contributed by atoms with E-state index in [0.717, 1.165) is 23.6 Å². The molecule has 1 aliphatic rings. The van der Waals surface area contributed by atoms with Crippen LogP contribution in [0.4, 0.5) is 5.69 Å². The van der Waals surface area contributed by atoms with Crippen LogP contribution in [0.2, 0.25) is 0 Å². The molecule has 3 aromatic rings. The van der Waals surface area contributed by atoms with Crippen LogP contribution in [0.3, 0.4) is 0 Å². The first kappa shape index (κ1) is 18.7. The fourth-order valence-electron chi connectivity index (χ4n) is 3.71. The van der Waals surface area contributed by atoms with Crippen molar-refractivity contribution in [2.75, 3.05) is 19.0 Å². The molecule has 0 saturated carbocycles. The molecule has 0 spiro atoms. The van der Waals surface area contributed by atoms with Gasteiger partial charge in [-0.15, -0.1) is 0 Å². The zero-order chi connectivity index (χ0) is 20.4. The number of amides is 2. The number of carbonyl (C=O) groups is 3. The lowest BCUT2D eigenvalue weighted by Gasteiger charge is -2.10. The number of rotatable bonds is 5. The van der Waals surface area contributed by atoms with Crippen molar-refractivity contribution in [1.82, 2.24) is 5.32 Å². The van der Waals surface area contributed by atoms with Crippen LogP contribution in [0.1, 0.15) is 31.8 Å². The smallest absolute Gasteiger partial charge is 0.339 e. The van der Waals surface area contributed by atoms with E-state index in [0.29, 0.717) is 16.8 Å². The normalized spacial score (nSPS) is 11.9. The topological polar surface area (TPSA) is 84.5 Å². The van der Waals surface area contributed by atoms with Gasteiger partial charge in [0.25, 0.3) is 11.8 Å². The number of carbonyl (C=O) groups excluding carboxylic acids is 3. The number of ether oxygens (including phenoxy) is 1. The molecule has 0 unspecified atom stereocenters. The van der Waals surface area contributed by atoms with E-state index in [1.807, 2.05) is 18.2 Å². The Morgan fingerprint density at radius 2 is 1.72 bits per heavy atom. The standard InChI is InChI=1S/C23H20N2O4/c1-24-22(27)16-5-2-6-17(12-16)25-20(26)13-29-23(28)19-11-10-15-9-8-14-4-3-7-18(19)21(14)15/h2-7,10-12H,8-9,13H2,1H3,(H,24,27)(H,25,26). The minimum Gasteiger partial charge on any atom is -0.452 e. The van der Waals surface area contributed by atoms with Crippen molar-refractivity contribution in [1.29, 1.82) is 0 Å². The summed E-state index contributed by atoms with van der Waals surface area (Å²) >= 11 is 0. The van der Waals surface area contributed by atoms with Crippen LogP contribution in [-0.4, -0.2) is 31.4 Å². The zero-order valence-electron chi connectivity index (χ0n) is 16.0. The Bertz CT molecular complexity index is 1130. The van der Waals surface area contributed by atoms with E-state index >= 15 is 0 Å². The van der Waals surface area contributed by atoms with Gasteiger partial charge in [-0.05, 0) is 59.0 Å². The Balaban J connectivity index is 1.44. The van der Waals surface area contributed by atoms with E-state index in [1.54, 1.807) is 30.3 Å². The third kappa shape index (κ3) is 3.69. The molecule has 0 fully saturated rings. The first-order valence-electron chi connectivity index (χ1n) is 9.39. The van der Waals surface area contributed by atoms with Crippen LogP contribution < -0.4 is 10.6 Å². The first-order chi connectivity index (χ1) is 14.1. The number of hydrogen-bond donors (Lipinski definition) is 2. The van der Waals surface area contributed by atoms with Crippen molar-refractivity contribution in [3.8, 4) is 0 Å². The fraction of sp³-hybridized carbons (Fsp3) is 0.174. The van der Waals surface area contributed by atoms with Gasteiger partial charge in [0, 0.05) is 18.3 Å². The molecule has 0 aromatic heterocycles. The van der Waals surface area contributed by atoms with E-state index in [4.69, 9.17) is 4.74 Å². The minimum absolute atomic E-state index is 0.250. The quantitative estimate of drug-likeness (QED) is 0.658. The maximum absolute atomic E-state index is 12.6. The predicted molar refractivity (Wildman–Crippen MR) is 110 cm³/mol. The molecule has 0 saturated heterocycles. The SMILES string of the molecule is CNC(=O)c1cccc(NC(=O)COC(=O)c2ccc3c4c(cccc24)CC3)c1. The van der Waals surface area contributed by atoms with Gasteiger partial charge in [0.05, 0.1) is 5.56 Å². The maximum atomic E-state index is 12.6. The Kier molecular flexibility index (Phi) is 4.99. The van der Waals surface area contributed by atoms with E-state index in [1.165, 1.54) is 18.2 Å². The molecule has 0 aliphatic heterocycles. The zero-order valence-corrected chi connectivity index (χ0v) is 16.0. The second-order valence-corrected chi connectivity index (χ2v) is 6.90. The van der Waals surface area contributed by atoms with Crippen LogP contribution in [0, 0.1) is 0 Å². The summed E-state index contributed by atoms with van der Waals surface area (Å²) in [5, 5.41) is 7.15. The van der Waals surface area contributed by atoms with Crippen LogP contribution in [0.25, 0.3) is 10.8 Å². The summed E-state index contributed by atoms with van der Waals surface area (Å²) in [5.41, 5.74) is 3.82. The molecule has 4 rings (SSSR count). The van der Waals surface area contributed by atoms with E-state index in [9.17, 15) is 14.4 Å². The molecule has 6 heteroatoms. The van der Waals surface area contributed by atoms with Gasteiger partial charge in [0.2, 0.25) is 0 Å². The van der Waals surface area contributed by atoms with Gasteiger partial charge in [0.1, 0.15) is 0 Å². The highest BCUT2D eigenvalue weighted by atomic mass is 16.5. The highest BCUT2D eigenvalue weighted by Gasteiger charge is 2.20. The van der Waals surface area contributed by atoms with Crippen molar-refractivity contribution in [2.24, 2.45) is 0 Å². The van der Waals surface area contributed by atoms with Gasteiger partial charge >= 0.3 is 5.97 Å². The highest BCUT2D eigenvalue weighted by molar-refractivity contribution is 6.07. The summed E-state index contributed by atoms with van der Waals surface area (Å²) in [7, 11) is 1.53. The van der Waals surface area contributed by atoms with Gasteiger partial charge in [-0.25, -0.2) is 4.79 Å². The maximum Gasteiger partial charge on any atom is 0.339 e. The summed E-state index contributed by atoms with van der Waals surface area (Å²) in [6.07, 6.45) is 1.95. The Labute approximate surface area is 167 Å². The lowest BCUT2D eigenvalue weighted by atomic mass is 10.00. The van der Waals surface area contributed by atoms with E-state index in [-0.39, 0.29) is 5.91 Å². The monoisotopic (exact) mass is 388 g/mol. The summed E-state index contributed by atoms with van der Waals surface area (Å²) in [5.74, 6) is -1.26. The van der Waals surface area contributed by atoms with Crippen molar-refractivity contribution in [2.45, 2.75) is 12.8 Å². The first-order valence-corrected chi connectivity index (χ1v) is 9.39. The number of anilines is 1. The van der Waals surface area contributed by atoms with Crippen molar-refractivity contribution < 1.29 is 19.1 Å². The summed E-state index contributed by atoms with van der Waals surface area (Å²) < 4.78 is 5.24. The van der Waals surface area contributed by atoms with Crippen LogP contribution in [0.5, 0.6) is 0 Å². The summed E-state index contributed by atoms with van der Waals surface area (Å²) in [6, 6.07) is 16.2. The number of benzene rings is 3. The molecule has 2 amide bonds. The Hall–Kier alpha value is -3.67. The summed E-state index contributed by atoms with van der Waals surface area (Å²) in [4.78, 5) is 36.5. The van der Waals surface area contributed by atoms with Crippen LogP contribution >= 0.6 is 0 Å². The van der Waals surface area contributed by atoms with Gasteiger partial charge < -0.3 is 15.4 Å². The van der Waals surface area contributed by atoms with E-state index in [2.05, 4.69) is 16.7 Å². The Morgan fingerprint density at radius 3 is 2.52 bits per heavy atom. The number of aryl methyl sites for hydroxylation is 2. The largest absolute Gasteiger partial charge is 0.452 e. The second-order valence-electron chi connectivity index (χ2n) is 6.90. The fourth-order valence-corrected chi connectivity index (χ4v) is 3.71. The van der Waals surface area contributed by atoms with Crippen molar-refractivity contribution in [3.05, 3.63) is 76.9 Å². The van der Waals surface area contributed by atoms with Crippen LogP contribution in [-0.2, 0) is 22.4 Å². The average molecular weight is 388 g/mol. The molecule has 0 radical (unpaired) electrons. The lowest BCUT2D eigenvalue weighted by Crippen LogP contribution is -2.22. The summed E-state index contributed by atoms with van der Waals surface area (Å²) in [6.45, 7) is -0.411. The molecule has 146 valence electrons. The molecule has 0 atom stereocenters. The molecule has 1 aliphatic carbocycles. The van der Waals surface area contributed by atoms with Crippen molar-refractivity contribution in [3.63, 3.8) is 0 Å². The van der Waals surface area contributed by atoms with Gasteiger partial charge in [-0.1, -0.05) is 30.3 Å². The predicted octanol–water partition coefficient (Wildman–Crippen LogP) is 3.09.